The Morgan fingerprint density at radius 2 is 2.04 bits per heavy atom. The summed E-state index contributed by atoms with van der Waals surface area (Å²) in [5, 5.41) is 9.23. The van der Waals surface area contributed by atoms with Gasteiger partial charge in [0.1, 0.15) is 11.5 Å². The molecule has 1 saturated heterocycles. The van der Waals surface area contributed by atoms with Crippen LogP contribution in [0.4, 0.5) is 0 Å². The normalized spacial score (nSPS) is 20.3. The highest BCUT2D eigenvalue weighted by molar-refractivity contribution is 6.00. The maximum Gasteiger partial charge on any atom is 0.257 e. The van der Waals surface area contributed by atoms with Crippen molar-refractivity contribution in [2.24, 2.45) is 5.92 Å². The fraction of sp³-hybridized carbons (Fsp3) is 0.500. The van der Waals surface area contributed by atoms with Gasteiger partial charge < -0.3 is 19.3 Å². The first kappa shape index (κ1) is 19.6. The summed E-state index contributed by atoms with van der Waals surface area (Å²) in [5.74, 6) is 1.81. The number of furan rings is 1. The molecule has 146 valence electrons. The van der Waals surface area contributed by atoms with Crippen molar-refractivity contribution in [3.63, 3.8) is 0 Å². The second-order valence-corrected chi connectivity index (χ2v) is 7.66. The van der Waals surface area contributed by atoms with E-state index in [2.05, 4.69) is 19.0 Å². The number of likely N-dealkylation sites (tertiary alicyclic amines) is 1. The van der Waals surface area contributed by atoms with Crippen molar-refractivity contribution in [3.8, 4) is 11.3 Å². The lowest BCUT2D eigenvalue weighted by molar-refractivity contribution is 0.0496. The molecule has 0 bridgehead atoms. The monoisotopic (exact) mass is 370 g/mol. The lowest BCUT2D eigenvalue weighted by atomic mass is 9.87. The molecule has 5 nitrogen and oxygen atoms in total. The molecule has 3 rings (SSSR count). The van der Waals surface area contributed by atoms with E-state index in [0.29, 0.717) is 23.3 Å². The second kappa shape index (κ2) is 8.72. The number of nitrogens with zero attached hydrogens (tertiary/aromatic N) is 2. The van der Waals surface area contributed by atoms with Crippen LogP contribution in [0.1, 0.15) is 35.4 Å². The Hall–Kier alpha value is -2.11. The molecule has 1 N–H and O–H groups in total. The van der Waals surface area contributed by atoms with Gasteiger partial charge in [-0.25, -0.2) is 0 Å². The number of aryl methyl sites for hydroxylation is 1. The number of rotatable bonds is 6. The molecule has 0 aliphatic carbocycles. The molecule has 1 fully saturated rings. The lowest BCUT2D eigenvalue weighted by Gasteiger charge is -2.41. The van der Waals surface area contributed by atoms with Gasteiger partial charge in [0.05, 0.1) is 5.56 Å². The zero-order chi connectivity index (χ0) is 19.4. The van der Waals surface area contributed by atoms with Crippen molar-refractivity contribution < 1.29 is 14.3 Å². The van der Waals surface area contributed by atoms with E-state index in [1.807, 2.05) is 48.2 Å². The van der Waals surface area contributed by atoms with Gasteiger partial charge in [-0.15, -0.1) is 0 Å². The summed E-state index contributed by atoms with van der Waals surface area (Å²) in [6.07, 6.45) is 2.66. The van der Waals surface area contributed by atoms with E-state index in [-0.39, 0.29) is 12.5 Å². The van der Waals surface area contributed by atoms with Crippen LogP contribution in [0, 0.1) is 12.8 Å². The highest BCUT2D eigenvalue weighted by atomic mass is 16.3. The van der Waals surface area contributed by atoms with Crippen molar-refractivity contribution in [2.75, 3.05) is 33.8 Å². The number of amides is 1. The second-order valence-electron chi connectivity index (χ2n) is 7.66. The van der Waals surface area contributed by atoms with Gasteiger partial charge in [0, 0.05) is 31.3 Å². The zero-order valence-electron chi connectivity index (χ0n) is 16.5. The van der Waals surface area contributed by atoms with E-state index in [1.165, 1.54) is 0 Å². The summed E-state index contributed by atoms with van der Waals surface area (Å²) in [5.41, 5.74) is 1.57. The minimum absolute atomic E-state index is 0.0388. The molecule has 27 heavy (non-hydrogen) atoms. The average Bonchev–Trinajstić information content (AvgIpc) is 3.07. The van der Waals surface area contributed by atoms with E-state index in [9.17, 15) is 9.90 Å². The lowest BCUT2D eigenvalue weighted by Crippen LogP contribution is -2.50. The third-order valence-electron chi connectivity index (χ3n) is 5.50. The van der Waals surface area contributed by atoms with Gasteiger partial charge in [-0.2, -0.15) is 0 Å². The molecular formula is C22H30N2O3. The molecule has 0 spiro atoms. The van der Waals surface area contributed by atoms with Gasteiger partial charge >= 0.3 is 0 Å². The Morgan fingerprint density at radius 3 is 2.70 bits per heavy atom. The van der Waals surface area contributed by atoms with Crippen molar-refractivity contribution in [1.82, 2.24) is 9.80 Å². The van der Waals surface area contributed by atoms with Crippen molar-refractivity contribution in [3.05, 3.63) is 47.7 Å². The van der Waals surface area contributed by atoms with Crippen LogP contribution >= 0.6 is 0 Å². The Labute approximate surface area is 161 Å². The third kappa shape index (κ3) is 4.42. The number of piperidine rings is 1. The zero-order valence-corrected chi connectivity index (χ0v) is 16.5. The van der Waals surface area contributed by atoms with Gasteiger partial charge in [0.15, 0.2) is 0 Å². The molecule has 2 atom stereocenters. The average molecular weight is 370 g/mol. The Bertz CT molecular complexity index is 754. The minimum atomic E-state index is 0.0388. The Morgan fingerprint density at radius 1 is 1.30 bits per heavy atom. The summed E-state index contributed by atoms with van der Waals surface area (Å²) in [6.45, 7) is 3.55. The molecule has 1 aromatic carbocycles. The third-order valence-corrected chi connectivity index (χ3v) is 5.50. The molecule has 0 unspecified atom stereocenters. The van der Waals surface area contributed by atoms with Gasteiger partial charge in [-0.1, -0.05) is 30.3 Å². The number of benzene rings is 1. The van der Waals surface area contributed by atoms with Crippen LogP contribution in [0.15, 0.2) is 40.8 Å². The van der Waals surface area contributed by atoms with Gasteiger partial charge in [0.2, 0.25) is 0 Å². The van der Waals surface area contributed by atoms with E-state index >= 15 is 0 Å². The van der Waals surface area contributed by atoms with Crippen molar-refractivity contribution in [2.45, 2.75) is 32.2 Å². The predicted molar refractivity (Wildman–Crippen MR) is 107 cm³/mol. The van der Waals surface area contributed by atoms with Crippen molar-refractivity contribution >= 4 is 5.91 Å². The van der Waals surface area contributed by atoms with E-state index in [0.717, 1.165) is 43.7 Å². The van der Waals surface area contributed by atoms with Crippen LogP contribution in [-0.2, 0) is 0 Å². The number of aliphatic hydroxyl groups is 1. The quantitative estimate of drug-likeness (QED) is 0.846. The summed E-state index contributed by atoms with van der Waals surface area (Å²) in [6, 6.07) is 12.1. The summed E-state index contributed by atoms with van der Waals surface area (Å²) >= 11 is 0. The van der Waals surface area contributed by atoms with Crippen LogP contribution in [0.2, 0.25) is 0 Å². The summed E-state index contributed by atoms with van der Waals surface area (Å²) < 4.78 is 5.87. The number of carbonyl (C=O) groups excluding carboxylic acids is 1. The van der Waals surface area contributed by atoms with Gasteiger partial charge in [0.25, 0.3) is 5.91 Å². The Balaban J connectivity index is 1.82. The van der Waals surface area contributed by atoms with E-state index in [1.54, 1.807) is 0 Å². The maximum atomic E-state index is 13.3. The fourth-order valence-corrected chi connectivity index (χ4v) is 4.17. The summed E-state index contributed by atoms with van der Waals surface area (Å²) in [4.78, 5) is 17.5. The van der Waals surface area contributed by atoms with Crippen molar-refractivity contribution in [1.29, 1.82) is 0 Å². The summed E-state index contributed by atoms with van der Waals surface area (Å²) in [7, 11) is 4.20. The molecule has 2 heterocycles. The highest BCUT2D eigenvalue weighted by Crippen LogP contribution is 2.31. The molecule has 1 aliphatic rings. The Kier molecular flexibility index (Phi) is 6.34. The van der Waals surface area contributed by atoms with Gasteiger partial charge in [-0.05, 0) is 52.3 Å². The number of hydrogen-bond acceptors (Lipinski definition) is 4. The predicted octanol–water partition coefficient (Wildman–Crippen LogP) is 3.42. The topological polar surface area (TPSA) is 56.9 Å². The first-order chi connectivity index (χ1) is 13.0. The van der Waals surface area contributed by atoms with E-state index in [4.69, 9.17) is 4.42 Å². The molecular weight excluding hydrogens is 340 g/mol. The standard InChI is InChI=1S/C22H30N2O3/c1-16-14-19(21(27-16)17-8-5-4-6-9-17)22(26)24-12-11-20(23(2)3)18(15-24)10-7-13-25/h4-6,8-9,14,18,20,25H,7,10-13,15H2,1-3H3/t18-,20+/m0/s1. The van der Waals surface area contributed by atoms with Crippen LogP contribution in [0.25, 0.3) is 11.3 Å². The molecule has 1 aromatic heterocycles. The van der Waals surface area contributed by atoms with Crippen LogP contribution < -0.4 is 0 Å². The van der Waals surface area contributed by atoms with Crippen LogP contribution in [0.3, 0.4) is 0 Å². The van der Waals surface area contributed by atoms with Crippen LogP contribution in [0.5, 0.6) is 0 Å². The highest BCUT2D eigenvalue weighted by Gasteiger charge is 2.34. The molecule has 2 aromatic rings. The fourth-order valence-electron chi connectivity index (χ4n) is 4.17. The SMILES string of the molecule is Cc1cc(C(=O)N2CC[C@@H](N(C)C)[C@@H](CCCO)C2)c(-c2ccccc2)o1. The first-order valence-corrected chi connectivity index (χ1v) is 9.73. The largest absolute Gasteiger partial charge is 0.461 e. The minimum Gasteiger partial charge on any atom is -0.461 e. The smallest absolute Gasteiger partial charge is 0.257 e. The number of hydrogen-bond donors (Lipinski definition) is 1. The molecule has 5 heteroatoms. The van der Waals surface area contributed by atoms with Gasteiger partial charge in [-0.3, -0.25) is 4.79 Å². The molecule has 1 amide bonds. The molecule has 0 radical (unpaired) electrons. The maximum absolute atomic E-state index is 13.3. The first-order valence-electron chi connectivity index (χ1n) is 9.73. The molecule has 0 saturated carbocycles. The van der Waals surface area contributed by atoms with E-state index < -0.39 is 0 Å². The van der Waals surface area contributed by atoms with Crippen LogP contribution in [-0.4, -0.2) is 60.6 Å². The number of aliphatic hydroxyl groups excluding tert-OH is 1. The molecule has 1 aliphatic heterocycles. The number of carbonyl (C=O) groups is 1.